The van der Waals surface area contributed by atoms with E-state index >= 15 is 0 Å². The highest BCUT2D eigenvalue weighted by Gasteiger charge is 2.21. The molecule has 0 aromatic heterocycles. The van der Waals surface area contributed by atoms with Crippen LogP contribution in [0.4, 0.5) is 17.1 Å². The highest BCUT2D eigenvalue weighted by atomic mass is 16.6. The minimum atomic E-state index is -1.14. The molecule has 0 aliphatic heterocycles. The number of amides is 1. The molecule has 9 nitrogen and oxygen atoms in total. The van der Waals surface area contributed by atoms with E-state index in [0.29, 0.717) is 11.3 Å². The van der Waals surface area contributed by atoms with Gasteiger partial charge in [-0.15, -0.1) is 0 Å². The van der Waals surface area contributed by atoms with E-state index in [-0.39, 0.29) is 22.7 Å². The summed E-state index contributed by atoms with van der Waals surface area (Å²) < 4.78 is 5.06. The fourth-order valence-corrected chi connectivity index (χ4v) is 2.16. The number of rotatable bonds is 6. The van der Waals surface area contributed by atoms with Crippen LogP contribution in [0.1, 0.15) is 34.6 Å². The van der Waals surface area contributed by atoms with Crippen LogP contribution in [0.25, 0.3) is 0 Å². The summed E-state index contributed by atoms with van der Waals surface area (Å²) in [5, 5.41) is 13.3. The Bertz CT molecular complexity index is 908. The molecule has 0 heterocycles. The maximum atomic E-state index is 12.2. The van der Waals surface area contributed by atoms with Crippen LogP contribution in [0, 0.1) is 10.1 Å². The Morgan fingerprint density at radius 1 is 1.15 bits per heavy atom. The van der Waals surface area contributed by atoms with Crippen LogP contribution in [0.2, 0.25) is 0 Å². The second-order valence-electron chi connectivity index (χ2n) is 5.70. The van der Waals surface area contributed by atoms with Gasteiger partial charge in [0.25, 0.3) is 11.6 Å². The van der Waals surface area contributed by atoms with E-state index in [0.717, 1.165) is 12.1 Å². The smallest absolute Gasteiger partial charge is 0.341 e. The third kappa shape index (κ3) is 4.88. The number of ketones is 1. The van der Waals surface area contributed by atoms with Crippen LogP contribution in [0.3, 0.4) is 0 Å². The van der Waals surface area contributed by atoms with E-state index in [1.165, 1.54) is 19.9 Å². The van der Waals surface area contributed by atoms with E-state index in [2.05, 4.69) is 5.32 Å². The summed E-state index contributed by atoms with van der Waals surface area (Å²) in [6, 6.07) is 9.56. The Morgan fingerprint density at radius 2 is 1.78 bits per heavy atom. The van der Waals surface area contributed by atoms with E-state index in [1.807, 2.05) is 0 Å². The molecule has 2 aromatic rings. The number of nitrogens with zero attached hydrogens (tertiary/aromatic N) is 1. The number of nitro benzene ring substituents is 1. The molecule has 3 N–H and O–H groups in total. The van der Waals surface area contributed by atoms with Crippen LogP contribution in [0.15, 0.2) is 42.5 Å². The van der Waals surface area contributed by atoms with Crippen molar-refractivity contribution in [1.29, 1.82) is 0 Å². The number of non-ortho nitro benzene ring substituents is 1. The molecular formula is C18H17N3O6. The molecule has 0 bridgehead atoms. The number of carbonyl (C=O) groups excluding carboxylic acids is 3. The predicted octanol–water partition coefficient (Wildman–Crippen LogP) is 2.56. The lowest BCUT2D eigenvalue weighted by Crippen LogP contribution is -2.30. The number of nitrogens with one attached hydrogen (secondary N) is 1. The summed E-state index contributed by atoms with van der Waals surface area (Å²) in [4.78, 5) is 45.6. The molecule has 2 aromatic carbocycles. The Morgan fingerprint density at radius 3 is 2.30 bits per heavy atom. The molecule has 0 aliphatic carbocycles. The maximum Gasteiger partial charge on any atom is 0.341 e. The molecule has 0 fully saturated rings. The summed E-state index contributed by atoms with van der Waals surface area (Å²) in [5.74, 6) is -1.56. The molecule has 0 spiro atoms. The number of nitrogen functional groups attached to an aromatic ring is 1. The third-order valence-corrected chi connectivity index (χ3v) is 3.68. The van der Waals surface area contributed by atoms with Crippen molar-refractivity contribution in [3.05, 3.63) is 63.7 Å². The van der Waals surface area contributed by atoms with Crippen LogP contribution in [-0.4, -0.2) is 28.7 Å². The zero-order valence-electron chi connectivity index (χ0n) is 14.6. The number of ether oxygens (including phenoxy) is 1. The molecule has 1 amide bonds. The predicted molar refractivity (Wildman–Crippen MR) is 97.5 cm³/mol. The molecule has 0 saturated carbocycles. The van der Waals surface area contributed by atoms with Crippen molar-refractivity contribution in [3.63, 3.8) is 0 Å². The van der Waals surface area contributed by atoms with Crippen molar-refractivity contribution in [3.8, 4) is 0 Å². The second-order valence-corrected chi connectivity index (χ2v) is 5.70. The Balaban J connectivity index is 2.02. The fourth-order valence-electron chi connectivity index (χ4n) is 2.16. The van der Waals surface area contributed by atoms with Gasteiger partial charge in [-0.05, 0) is 44.2 Å². The van der Waals surface area contributed by atoms with Gasteiger partial charge in [-0.3, -0.25) is 19.7 Å². The molecule has 0 radical (unpaired) electrons. The summed E-state index contributed by atoms with van der Waals surface area (Å²) in [6.07, 6.45) is -1.14. The lowest BCUT2D eigenvalue weighted by molar-refractivity contribution is -0.384. The van der Waals surface area contributed by atoms with Gasteiger partial charge in [0.05, 0.1) is 16.2 Å². The van der Waals surface area contributed by atoms with E-state index in [4.69, 9.17) is 10.5 Å². The third-order valence-electron chi connectivity index (χ3n) is 3.68. The number of esters is 1. The standard InChI is InChI=1S/C18H17N3O6/c1-10(22)12-3-5-13(6-4-12)20-17(23)11(2)27-18(24)15-8-7-14(21(25)26)9-16(15)19/h3-9,11H,19H2,1-2H3,(H,20,23)/t11-/m0/s1. The largest absolute Gasteiger partial charge is 0.449 e. The highest BCUT2D eigenvalue weighted by molar-refractivity contribution is 6.00. The van der Waals surface area contributed by atoms with E-state index < -0.39 is 22.9 Å². The van der Waals surface area contributed by atoms with Crippen LogP contribution < -0.4 is 11.1 Å². The number of hydrogen-bond acceptors (Lipinski definition) is 7. The molecule has 0 saturated heterocycles. The van der Waals surface area contributed by atoms with Gasteiger partial charge in [0, 0.05) is 23.4 Å². The van der Waals surface area contributed by atoms with Gasteiger partial charge in [0.15, 0.2) is 11.9 Å². The van der Waals surface area contributed by atoms with Crippen molar-refractivity contribution in [1.82, 2.24) is 0 Å². The zero-order valence-corrected chi connectivity index (χ0v) is 14.6. The number of Topliss-reactive ketones (excluding diaryl/α,β-unsaturated/α-hetero) is 1. The van der Waals surface area contributed by atoms with Gasteiger partial charge in [-0.25, -0.2) is 4.79 Å². The average Bonchev–Trinajstić information content (AvgIpc) is 2.61. The molecule has 0 aliphatic rings. The fraction of sp³-hybridized carbons (Fsp3) is 0.167. The first-order chi connectivity index (χ1) is 12.7. The zero-order chi connectivity index (χ0) is 20.1. The Hall–Kier alpha value is -3.75. The first-order valence-corrected chi connectivity index (χ1v) is 7.86. The number of carbonyl (C=O) groups is 3. The van der Waals surface area contributed by atoms with Crippen LogP contribution >= 0.6 is 0 Å². The van der Waals surface area contributed by atoms with Crippen molar-refractivity contribution in [2.75, 3.05) is 11.1 Å². The first-order valence-electron chi connectivity index (χ1n) is 7.86. The lowest BCUT2D eigenvalue weighted by Gasteiger charge is -2.14. The Kier molecular flexibility index (Phi) is 5.86. The maximum absolute atomic E-state index is 12.2. The van der Waals surface area contributed by atoms with Gasteiger partial charge in [0.1, 0.15) is 0 Å². The highest BCUT2D eigenvalue weighted by Crippen LogP contribution is 2.21. The molecular weight excluding hydrogens is 354 g/mol. The van der Waals surface area contributed by atoms with Gasteiger partial charge in [0.2, 0.25) is 0 Å². The monoisotopic (exact) mass is 371 g/mol. The molecule has 27 heavy (non-hydrogen) atoms. The van der Waals surface area contributed by atoms with Crippen molar-refractivity contribution in [2.45, 2.75) is 20.0 Å². The van der Waals surface area contributed by atoms with Gasteiger partial charge < -0.3 is 15.8 Å². The van der Waals surface area contributed by atoms with Crippen LogP contribution in [-0.2, 0) is 9.53 Å². The second kappa shape index (κ2) is 8.09. The van der Waals surface area contributed by atoms with E-state index in [1.54, 1.807) is 24.3 Å². The van der Waals surface area contributed by atoms with Gasteiger partial charge in [-0.1, -0.05) is 0 Å². The van der Waals surface area contributed by atoms with Crippen molar-refractivity contribution < 1.29 is 24.0 Å². The first kappa shape index (κ1) is 19.6. The quantitative estimate of drug-likeness (QED) is 0.261. The Labute approximate surface area is 154 Å². The molecule has 1 atom stereocenters. The molecule has 9 heteroatoms. The summed E-state index contributed by atoms with van der Waals surface area (Å²) in [5.41, 5.74) is 6.11. The van der Waals surface area contributed by atoms with Crippen molar-refractivity contribution >= 4 is 34.7 Å². The molecule has 140 valence electrons. The normalized spacial score (nSPS) is 11.3. The molecule has 0 unspecified atom stereocenters. The topological polar surface area (TPSA) is 142 Å². The number of nitro groups is 1. The van der Waals surface area contributed by atoms with Gasteiger partial charge in [-0.2, -0.15) is 0 Å². The van der Waals surface area contributed by atoms with E-state index in [9.17, 15) is 24.5 Å². The lowest BCUT2D eigenvalue weighted by atomic mass is 10.1. The summed E-state index contributed by atoms with van der Waals surface area (Å²) in [6.45, 7) is 2.80. The minimum absolute atomic E-state index is 0.0777. The summed E-state index contributed by atoms with van der Waals surface area (Å²) >= 11 is 0. The number of nitrogens with two attached hydrogens (primary N) is 1. The number of benzene rings is 2. The summed E-state index contributed by atoms with van der Waals surface area (Å²) in [7, 11) is 0. The van der Waals surface area contributed by atoms with Gasteiger partial charge >= 0.3 is 5.97 Å². The number of anilines is 2. The van der Waals surface area contributed by atoms with Crippen LogP contribution in [0.5, 0.6) is 0 Å². The number of hydrogen-bond donors (Lipinski definition) is 2. The SMILES string of the molecule is CC(=O)c1ccc(NC(=O)[C@H](C)OC(=O)c2ccc([N+](=O)[O-])cc2N)cc1. The molecule has 2 rings (SSSR count). The minimum Gasteiger partial charge on any atom is -0.449 e. The average molecular weight is 371 g/mol. The van der Waals surface area contributed by atoms with Crippen molar-refractivity contribution in [2.24, 2.45) is 0 Å².